The molecule has 0 saturated heterocycles. The Morgan fingerprint density at radius 3 is 2.67 bits per heavy atom. The van der Waals surface area contributed by atoms with E-state index in [1.807, 2.05) is 0 Å². The third-order valence-corrected chi connectivity index (χ3v) is 6.10. The zero-order chi connectivity index (χ0) is 23.4. The van der Waals surface area contributed by atoms with Crippen molar-refractivity contribution in [3.63, 3.8) is 0 Å². The van der Waals surface area contributed by atoms with Crippen molar-refractivity contribution in [1.82, 2.24) is 14.5 Å². The minimum atomic E-state index is -0.831. The van der Waals surface area contributed by atoms with E-state index in [1.165, 1.54) is 54.9 Å². The molecule has 2 heterocycles. The molecular formula is C24H25FN4O4. The summed E-state index contributed by atoms with van der Waals surface area (Å²) in [6.45, 7) is 0. The highest BCUT2D eigenvalue weighted by Crippen LogP contribution is 2.31. The van der Waals surface area contributed by atoms with E-state index in [0.717, 1.165) is 31.7 Å². The van der Waals surface area contributed by atoms with Crippen LogP contribution in [0, 0.1) is 11.7 Å². The van der Waals surface area contributed by atoms with Crippen molar-refractivity contribution in [2.45, 2.75) is 44.6 Å². The summed E-state index contributed by atoms with van der Waals surface area (Å²) >= 11 is 0. The molecule has 0 radical (unpaired) electrons. The summed E-state index contributed by atoms with van der Waals surface area (Å²) < 4.78 is 19.7. The van der Waals surface area contributed by atoms with Crippen LogP contribution in [0.3, 0.4) is 0 Å². The number of carbonyl (C=O) groups is 2. The van der Waals surface area contributed by atoms with Gasteiger partial charge < -0.3 is 10.1 Å². The first kappa shape index (κ1) is 22.6. The predicted molar refractivity (Wildman–Crippen MR) is 120 cm³/mol. The van der Waals surface area contributed by atoms with Crippen molar-refractivity contribution in [1.29, 1.82) is 0 Å². The zero-order valence-electron chi connectivity index (χ0n) is 18.3. The SMILES string of the molecule is COC(=O)c1ccc(NC(=O)C(CC2CCCCC2)n2cnc3ccc(F)cc3c2=O)nc1. The standard InChI is InChI=1S/C24H25FN4O4/c1-33-24(32)16-7-10-21(26-13-16)28-22(30)20(11-15-5-3-2-4-6-15)29-14-27-19-9-8-17(25)12-18(19)23(29)31/h7-10,12-15,20H,2-6,11H2,1H3,(H,26,28,30). The summed E-state index contributed by atoms with van der Waals surface area (Å²) in [5.74, 6) is -0.953. The Hall–Kier alpha value is -3.62. The number of halogens is 1. The third-order valence-electron chi connectivity index (χ3n) is 6.10. The van der Waals surface area contributed by atoms with Gasteiger partial charge in [0.25, 0.3) is 5.56 Å². The van der Waals surface area contributed by atoms with E-state index >= 15 is 0 Å². The number of ether oxygens (including phenoxy) is 1. The minimum absolute atomic E-state index is 0.125. The average Bonchev–Trinajstić information content (AvgIpc) is 2.84. The number of carbonyl (C=O) groups excluding carboxylic acids is 2. The number of rotatable bonds is 6. The molecule has 0 bridgehead atoms. The van der Waals surface area contributed by atoms with Crippen LogP contribution in [0.4, 0.5) is 10.2 Å². The molecule has 0 aliphatic heterocycles. The Morgan fingerprint density at radius 1 is 1.18 bits per heavy atom. The van der Waals surface area contributed by atoms with Crippen molar-refractivity contribution in [3.8, 4) is 0 Å². The molecule has 1 aliphatic rings. The fourth-order valence-electron chi connectivity index (χ4n) is 4.33. The van der Waals surface area contributed by atoms with Crippen molar-refractivity contribution < 1.29 is 18.7 Å². The number of amides is 1. The lowest BCUT2D eigenvalue weighted by Crippen LogP contribution is -2.35. The summed E-state index contributed by atoms with van der Waals surface area (Å²) in [7, 11) is 1.27. The third kappa shape index (κ3) is 5.08. The lowest BCUT2D eigenvalue weighted by molar-refractivity contribution is -0.120. The quantitative estimate of drug-likeness (QED) is 0.570. The van der Waals surface area contributed by atoms with Gasteiger partial charge in [-0.3, -0.25) is 14.2 Å². The molecule has 1 aliphatic carbocycles. The summed E-state index contributed by atoms with van der Waals surface area (Å²) in [5.41, 5.74) is 0.158. The first-order valence-corrected chi connectivity index (χ1v) is 11.0. The molecule has 1 unspecified atom stereocenters. The van der Waals surface area contributed by atoms with Gasteiger partial charge in [-0.05, 0) is 42.7 Å². The number of benzene rings is 1. The molecule has 172 valence electrons. The Bertz CT molecular complexity index is 1220. The van der Waals surface area contributed by atoms with Crippen molar-refractivity contribution in [3.05, 3.63) is 64.6 Å². The maximum atomic E-state index is 13.8. The molecule has 2 aromatic heterocycles. The monoisotopic (exact) mass is 452 g/mol. The van der Waals surface area contributed by atoms with Crippen LogP contribution in [0.2, 0.25) is 0 Å². The Balaban J connectivity index is 1.65. The second-order valence-corrected chi connectivity index (χ2v) is 8.29. The van der Waals surface area contributed by atoms with E-state index in [-0.39, 0.29) is 16.8 Å². The minimum Gasteiger partial charge on any atom is -0.465 e. The van der Waals surface area contributed by atoms with Crippen LogP contribution in [0.25, 0.3) is 10.9 Å². The first-order valence-electron chi connectivity index (χ1n) is 11.0. The van der Waals surface area contributed by atoms with Crippen LogP contribution in [0.5, 0.6) is 0 Å². The van der Waals surface area contributed by atoms with Gasteiger partial charge in [0, 0.05) is 6.20 Å². The van der Waals surface area contributed by atoms with Gasteiger partial charge in [-0.2, -0.15) is 0 Å². The predicted octanol–water partition coefficient (Wildman–Crippen LogP) is 3.87. The second kappa shape index (κ2) is 9.89. The average molecular weight is 452 g/mol. The van der Waals surface area contributed by atoms with Gasteiger partial charge in [0.05, 0.1) is 29.9 Å². The van der Waals surface area contributed by atoms with Gasteiger partial charge in [0.2, 0.25) is 5.91 Å². The Kier molecular flexibility index (Phi) is 6.76. The molecule has 0 spiro atoms. The maximum absolute atomic E-state index is 13.8. The number of anilines is 1. The molecular weight excluding hydrogens is 427 g/mol. The molecule has 1 aromatic carbocycles. The maximum Gasteiger partial charge on any atom is 0.339 e. The second-order valence-electron chi connectivity index (χ2n) is 8.29. The van der Waals surface area contributed by atoms with Gasteiger partial charge in [-0.25, -0.2) is 19.2 Å². The van der Waals surface area contributed by atoms with Crippen LogP contribution >= 0.6 is 0 Å². The highest BCUT2D eigenvalue weighted by molar-refractivity contribution is 5.94. The first-order chi connectivity index (χ1) is 16.0. The zero-order valence-corrected chi connectivity index (χ0v) is 18.3. The van der Waals surface area contributed by atoms with Crippen LogP contribution < -0.4 is 10.9 Å². The molecule has 9 heteroatoms. The summed E-state index contributed by atoms with van der Waals surface area (Å²) in [6.07, 6.45) is 8.44. The summed E-state index contributed by atoms with van der Waals surface area (Å²) in [6, 6.07) is 6.00. The lowest BCUT2D eigenvalue weighted by Gasteiger charge is -2.27. The lowest BCUT2D eigenvalue weighted by atomic mass is 9.84. The molecule has 33 heavy (non-hydrogen) atoms. The number of nitrogens with one attached hydrogen (secondary N) is 1. The summed E-state index contributed by atoms with van der Waals surface area (Å²) in [5, 5.41) is 2.86. The normalized spacial score (nSPS) is 15.2. The smallest absolute Gasteiger partial charge is 0.339 e. The Morgan fingerprint density at radius 2 is 1.97 bits per heavy atom. The summed E-state index contributed by atoms with van der Waals surface area (Å²) in [4.78, 5) is 46.5. The molecule has 1 N–H and O–H groups in total. The van der Waals surface area contributed by atoms with Gasteiger partial charge in [0.15, 0.2) is 0 Å². The molecule has 3 aromatic rings. The van der Waals surface area contributed by atoms with E-state index in [4.69, 9.17) is 0 Å². The number of pyridine rings is 1. The number of methoxy groups -OCH3 is 1. The van der Waals surface area contributed by atoms with Crippen LogP contribution in [-0.4, -0.2) is 33.5 Å². The largest absolute Gasteiger partial charge is 0.465 e. The van der Waals surface area contributed by atoms with Crippen LogP contribution in [-0.2, 0) is 9.53 Å². The number of hydrogen-bond donors (Lipinski definition) is 1. The van der Waals surface area contributed by atoms with E-state index in [9.17, 15) is 18.8 Å². The number of esters is 1. The highest BCUT2D eigenvalue weighted by atomic mass is 19.1. The van der Waals surface area contributed by atoms with Gasteiger partial charge in [-0.15, -0.1) is 0 Å². The van der Waals surface area contributed by atoms with Crippen molar-refractivity contribution in [2.75, 3.05) is 12.4 Å². The molecule has 1 atom stereocenters. The number of aromatic nitrogens is 3. The molecule has 1 fully saturated rings. The molecule has 1 saturated carbocycles. The van der Waals surface area contributed by atoms with Crippen molar-refractivity contribution >= 4 is 28.6 Å². The van der Waals surface area contributed by atoms with E-state index in [1.54, 1.807) is 0 Å². The van der Waals surface area contributed by atoms with Crippen LogP contribution in [0.15, 0.2) is 47.7 Å². The highest BCUT2D eigenvalue weighted by Gasteiger charge is 2.28. The molecule has 4 rings (SSSR count). The molecule has 1 amide bonds. The van der Waals surface area contributed by atoms with Crippen LogP contribution in [0.1, 0.15) is 54.9 Å². The fourth-order valence-corrected chi connectivity index (χ4v) is 4.33. The van der Waals surface area contributed by atoms with Gasteiger partial charge >= 0.3 is 5.97 Å². The number of hydrogen-bond acceptors (Lipinski definition) is 6. The van der Waals surface area contributed by atoms with E-state index in [2.05, 4.69) is 20.0 Å². The number of nitrogens with zero attached hydrogens (tertiary/aromatic N) is 3. The van der Waals surface area contributed by atoms with Crippen molar-refractivity contribution in [2.24, 2.45) is 5.92 Å². The molecule has 8 nitrogen and oxygen atoms in total. The number of fused-ring (bicyclic) bond motifs is 1. The Labute approximate surface area is 189 Å². The van der Waals surface area contributed by atoms with E-state index in [0.29, 0.717) is 17.9 Å². The van der Waals surface area contributed by atoms with Gasteiger partial charge in [-0.1, -0.05) is 32.1 Å². The topological polar surface area (TPSA) is 103 Å². The van der Waals surface area contributed by atoms with E-state index < -0.39 is 29.3 Å². The fraction of sp³-hybridized carbons (Fsp3) is 0.375. The van der Waals surface area contributed by atoms with Gasteiger partial charge in [0.1, 0.15) is 17.7 Å².